The zero-order valence-electron chi connectivity index (χ0n) is 21.2. The highest BCUT2D eigenvalue weighted by atomic mass is 16.6. The van der Waals surface area contributed by atoms with E-state index in [1.807, 2.05) is 43.9 Å². The lowest BCUT2D eigenvalue weighted by Gasteiger charge is -2.36. The number of likely N-dealkylation sites (tertiary alicyclic amines) is 1. The number of amides is 1. The molecular formula is C29H38N2O4. The fourth-order valence-electron chi connectivity index (χ4n) is 5.02. The Hall–Kier alpha value is -2.86. The molecule has 35 heavy (non-hydrogen) atoms. The molecule has 2 aliphatic rings. The molecule has 1 saturated heterocycles. The first kappa shape index (κ1) is 25.2. The lowest BCUT2D eigenvalue weighted by molar-refractivity contribution is 0.0171. The summed E-state index contributed by atoms with van der Waals surface area (Å²) in [5.41, 5.74) is 2.29. The maximum atomic E-state index is 13.1. The van der Waals surface area contributed by atoms with E-state index in [0.29, 0.717) is 17.4 Å². The van der Waals surface area contributed by atoms with Crippen LogP contribution in [0.4, 0.5) is 4.79 Å². The Balaban J connectivity index is 1.29. The van der Waals surface area contributed by atoms with E-state index in [1.165, 1.54) is 5.56 Å². The Morgan fingerprint density at radius 3 is 2.29 bits per heavy atom. The number of carbonyl (C=O) groups is 2. The molecule has 1 N–H and O–H groups in total. The second kappa shape index (κ2) is 10.8. The van der Waals surface area contributed by atoms with Gasteiger partial charge in [0.2, 0.25) is 0 Å². The highest BCUT2D eigenvalue weighted by molar-refractivity contribution is 5.87. The van der Waals surface area contributed by atoms with Gasteiger partial charge in [-0.2, -0.15) is 0 Å². The summed E-state index contributed by atoms with van der Waals surface area (Å²) in [5.74, 6) is -0.0118. The first-order valence-corrected chi connectivity index (χ1v) is 12.8. The number of carbonyl (C=O) groups excluding carboxylic acids is 1. The quantitative estimate of drug-likeness (QED) is 0.548. The molecule has 0 spiro atoms. The minimum Gasteiger partial charge on any atom is -0.478 e. The van der Waals surface area contributed by atoms with Gasteiger partial charge in [0.25, 0.3) is 0 Å². The molecule has 188 valence electrons. The van der Waals surface area contributed by atoms with Gasteiger partial charge in [0.05, 0.1) is 5.56 Å². The Kier molecular flexibility index (Phi) is 7.80. The molecule has 4 rings (SSSR count). The van der Waals surface area contributed by atoms with Crippen LogP contribution in [0.5, 0.6) is 0 Å². The molecule has 1 heterocycles. The topological polar surface area (TPSA) is 70.1 Å². The standard InChI is InChI=1S/C29H38N2O4/c1-29(2,3)35-28(34)31(26-19-25(26)23-7-5-4-6-8-23)20-22-14-17-30(18-15-22)16-13-21-9-11-24(12-10-21)27(32)33/h4-12,22,25-26H,13-20H2,1-3H3,(H,32,33). The molecule has 6 nitrogen and oxygen atoms in total. The Bertz CT molecular complexity index is 992. The van der Waals surface area contributed by atoms with E-state index in [9.17, 15) is 9.59 Å². The number of hydrogen-bond acceptors (Lipinski definition) is 4. The summed E-state index contributed by atoms with van der Waals surface area (Å²) < 4.78 is 5.80. The monoisotopic (exact) mass is 478 g/mol. The molecular weight excluding hydrogens is 440 g/mol. The number of piperidine rings is 1. The van der Waals surface area contributed by atoms with Crippen LogP contribution < -0.4 is 0 Å². The number of aromatic carboxylic acids is 1. The van der Waals surface area contributed by atoms with Crippen LogP contribution in [0.15, 0.2) is 54.6 Å². The van der Waals surface area contributed by atoms with Gasteiger partial charge in [-0.1, -0.05) is 42.5 Å². The van der Waals surface area contributed by atoms with Crippen molar-refractivity contribution >= 4 is 12.1 Å². The molecule has 2 fully saturated rings. The molecule has 1 saturated carbocycles. The molecule has 0 radical (unpaired) electrons. The fourth-order valence-corrected chi connectivity index (χ4v) is 5.02. The van der Waals surface area contributed by atoms with Crippen molar-refractivity contribution in [2.75, 3.05) is 26.2 Å². The first-order chi connectivity index (χ1) is 16.7. The van der Waals surface area contributed by atoms with Crippen molar-refractivity contribution in [1.29, 1.82) is 0 Å². The SMILES string of the molecule is CC(C)(C)OC(=O)N(CC1CCN(CCc2ccc(C(=O)O)cc2)CC1)C1CC1c1ccccc1. The third kappa shape index (κ3) is 7.07. The van der Waals surface area contributed by atoms with Crippen LogP contribution in [0.3, 0.4) is 0 Å². The Morgan fingerprint density at radius 2 is 1.69 bits per heavy atom. The summed E-state index contributed by atoms with van der Waals surface area (Å²) in [6.07, 6.45) is 3.87. The average molecular weight is 479 g/mol. The fraction of sp³-hybridized carbons (Fsp3) is 0.517. The van der Waals surface area contributed by atoms with E-state index >= 15 is 0 Å². The largest absolute Gasteiger partial charge is 0.478 e. The van der Waals surface area contributed by atoms with Gasteiger partial charge in [-0.3, -0.25) is 0 Å². The highest BCUT2D eigenvalue weighted by Crippen LogP contribution is 2.45. The van der Waals surface area contributed by atoms with Crippen LogP contribution in [0.2, 0.25) is 0 Å². The second-order valence-electron chi connectivity index (χ2n) is 11.0. The summed E-state index contributed by atoms with van der Waals surface area (Å²) in [6, 6.07) is 17.9. The third-order valence-corrected chi connectivity index (χ3v) is 7.09. The van der Waals surface area contributed by atoms with Crippen LogP contribution in [-0.2, 0) is 11.2 Å². The van der Waals surface area contributed by atoms with E-state index in [2.05, 4.69) is 29.2 Å². The van der Waals surface area contributed by atoms with E-state index < -0.39 is 11.6 Å². The maximum absolute atomic E-state index is 13.1. The lowest BCUT2D eigenvalue weighted by atomic mass is 9.95. The van der Waals surface area contributed by atoms with Gasteiger partial charge in [0.15, 0.2) is 0 Å². The number of hydrogen-bond donors (Lipinski definition) is 1. The minimum atomic E-state index is -0.889. The van der Waals surface area contributed by atoms with Crippen molar-refractivity contribution in [2.45, 2.75) is 64.0 Å². The Labute approximate surface area is 208 Å². The number of carboxylic acid groups (broad SMARTS) is 1. The van der Waals surface area contributed by atoms with Gasteiger partial charge >= 0.3 is 12.1 Å². The molecule has 6 heteroatoms. The zero-order valence-corrected chi connectivity index (χ0v) is 21.2. The number of carboxylic acids is 1. The number of ether oxygens (including phenoxy) is 1. The van der Waals surface area contributed by atoms with Gasteiger partial charge in [-0.15, -0.1) is 0 Å². The molecule has 1 aliphatic heterocycles. The lowest BCUT2D eigenvalue weighted by Crippen LogP contribution is -2.44. The highest BCUT2D eigenvalue weighted by Gasteiger charge is 2.46. The normalized spacial score (nSPS) is 20.9. The van der Waals surface area contributed by atoms with Crippen molar-refractivity contribution in [3.8, 4) is 0 Å². The Morgan fingerprint density at radius 1 is 1.03 bits per heavy atom. The summed E-state index contributed by atoms with van der Waals surface area (Å²) in [5, 5.41) is 9.06. The molecule has 2 aromatic carbocycles. The van der Waals surface area contributed by atoms with Gasteiger partial charge in [-0.25, -0.2) is 9.59 Å². The number of nitrogens with zero attached hydrogens (tertiary/aromatic N) is 2. The third-order valence-electron chi connectivity index (χ3n) is 7.09. The van der Waals surface area contributed by atoms with Crippen LogP contribution >= 0.6 is 0 Å². The van der Waals surface area contributed by atoms with Gasteiger partial charge in [0, 0.05) is 25.0 Å². The van der Waals surface area contributed by atoms with E-state index in [-0.39, 0.29) is 12.1 Å². The molecule has 0 aromatic heterocycles. The smallest absolute Gasteiger partial charge is 0.410 e. The molecule has 1 aliphatic carbocycles. The summed E-state index contributed by atoms with van der Waals surface area (Å²) in [6.45, 7) is 9.55. The number of rotatable bonds is 8. The van der Waals surface area contributed by atoms with Crippen molar-refractivity contribution < 1.29 is 19.4 Å². The predicted octanol–water partition coefficient (Wildman–Crippen LogP) is 5.43. The van der Waals surface area contributed by atoms with E-state index in [0.717, 1.165) is 57.4 Å². The zero-order chi connectivity index (χ0) is 25.0. The summed E-state index contributed by atoms with van der Waals surface area (Å²) in [4.78, 5) is 28.7. The van der Waals surface area contributed by atoms with Crippen molar-refractivity contribution in [1.82, 2.24) is 9.80 Å². The minimum absolute atomic E-state index is 0.187. The summed E-state index contributed by atoms with van der Waals surface area (Å²) in [7, 11) is 0. The van der Waals surface area contributed by atoms with Crippen LogP contribution in [0, 0.1) is 5.92 Å². The van der Waals surface area contributed by atoms with Crippen molar-refractivity contribution in [3.05, 3.63) is 71.3 Å². The second-order valence-corrected chi connectivity index (χ2v) is 11.0. The maximum Gasteiger partial charge on any atom is 0.410 e. The van der Waals surface area contributed by atoms with Crippen LogP contribution in [-0.4, -0.2) is 64.8 Å². The molecule has 2 atom stereocenters. The van der Waals surface area contributed by atoms with Crippen LogP contribution in [0.25, 0.3) is 0 Å². The average Bonchev–Trinajstić information content (AvgIpc) is 3.62. The number of benzene rings is 2. The first-order valence-electron chi connectivity index (χ1n) is 12.8. The molecule has 2 aromatic rings. The molecule has 0 bridgehead atoms. The van der Waals surface area contributed by atoms with Gasteiger partial charge in [0.1, 0.15) is 5.60 Å². The molecule has 2 unspecified atom stereocenters. The van der Waals surface area contributed by atoms with Crippen molar-refractivity contribution in [3.63, 3.8) is 0 Å². The molecule has 1 amide bonds. The van der Waals surface area contributed by atoms with Crippen LogP contribution in [0.1, 0.15) is 67.4 Å². The van der Waals surface area contributed by atoms with E-state index in [1.54, 1.807) is 12.1 Å². The van der Waals surface area contributed by atoms with E-state index in [4.69, 9.17) is 9.84 Å². The van der Waals surface area contributed by atoms with Gasteiger partial charge in [-0.05, 0) is 88.7 Å². The van der Waals surface area contributed by atoms with Gasteiger partial charge < -0.3 is 19.6 Å². The predicted molar refractivity (Wildman–Crippen MR) is 137 cm³/mol. The van der Waals surface area contributed by atoms with Crippen molar-refractivity contribution in [2.24, 2.45) is 5.92 Å². The summed E-state index contributed by atoms with van der Waals surface area (Å²) >= 11 is 0.